The van der Waals surface area contributed by atoms with E-state index in [1.54, 1.807) is 13.8 Å². The van der Waals surface area contributed by atoms with Crippen LogP contribution in [0.25, 0.3) is 0 Å². The smallest absolute Gasteiger partial charge is 0.324 e. The van der Waals surface area contributed by atoms with E-state index in [9.17, 15) is 13.2 Å². The number of rotatable bonds is 6. The third-order valence-electron chi connectivity index (χ3n) is 2.82. The summed E-state index contributed by atoms with van der Waals surface area (Å²) in [5.41, 5.74) is 0. The first-order chi connectivity index (χ1) is 9.72. The Morgan fingerprint density at radius 2 is 1.90 bits per heavy atom. The first-order valence-corrected chi connectivity index (χ1v) is 8.02. The summed E-state index contributed by atoms with van der Waals surface area (Å²) in [5.74, 6) is -0.800. The lowest BCUT2D eigenvalue weighted by Crippen LogP contribution is -2.44. The van der Waals surface area contributed by atoms with Crippen molar-refractivity contribution in [3.05, 3.63) is 23.2 Å². The molecule has 0 bridgehead atoms. The number of sulfonamides is 1. The van der Waals surface area contributed by atoms with Gasteiger partial charge in [0.25, 0.3) is 0 Å². The average Bonchev–Trinajstić information content (AvgIpc) is 2.43. The normalized spacial score (nSPS) is 13.0. The Balaban J connectivity index is 3.22. The van der Waals surface area contributed by atoms with E-state index < -0.39 is 22.0 Å². The monoisotopic (exact) mass is 335 g/mol. The van der Waals surface area contributed by atoms with Crippen LogP contribution < -0.4 is 9.46 Å². The molecule has 0 amide bonds. The van der Waals surface area contributed by atoms with Gasteiger partial charge >= 0.3 is 5.97 Å². The van der Waals surface area contributed by atoms with Crippen LogP contribution in [0.4, 0.5) is 0 Å². The fourth-order valence-corrected chi connectivity index (χ4v) is 3.44. The number of esters is 1. The van der Waals surface area contributed by atoms with Crippen molar-refractivity contribution in [2.24, 2.45) is 5.92 Å². The van der Waals surface area contributed by atoms with Gasteiger partial charge in [-0.15, -0.1) is 0 Å². The second kappa shape index (κ2) is 7.11. The van der Waals surface area contributed by atoms with Crippen molar-refractivity contribution in [2.75, 3.05) is 14.2 Å². The lowest BCUT2D eigenvalue weighted by Gasteiger charge is -2.20. The standard InChI is InChI=1S/C13H18ClNO5S/c1-8(2)12(13(16)20-4)15-21(17,18)11-7-9(14)5-6-10(11)19-3/h5-8,12,15H,1-4H3. The zero-order chi connectivity index (χ0) is 16.2. The van der Waals surface area contributed by atoms with E-state index in [2.05, 4.69) is 9.46 Å². The molecule has 118 valence electrons. The molecule has 0 heterocycles. The minimum absolute atomic E-state index is 0.132. The predicted molar refractivity (Wildman–Crippen MR) is 79.0 cm³/mol. The third-order valence-corrected chi connectivity index (χ3v) is 4.52. The second-order valence-electron chi connectivity index (χ2n) is 4.66. The highest BCUT2D eigenvalue weighted by Gasteiger charge is 2.30. The van der Waals surface area contributed by atoms with Crippen LogP contribution in [0.15, 0.2) is 23.1 Å². The predicted octanol–water partition coefficient (Wildman–Crippen LogP) is 1.82. The van der Waals surface area contributed by atoms with Gasteiger partial charge in [0.2, 0.25) is 10.0 Å². The van der Waals surface area contributed by atoms with Gasteiger partial charge in [0, 0.05) is 5.02 Å². The van der Waals surface area contributed by atoms with E-state index in [1.807, 2.05) is 0 Å². The van der Waals surface area contributed by atoms with Crippen LogP contribution in [0.2, 0.25) is 5.02 Å². The van der Waals surface area contributed by atoms with Gasteiger partial charge in [-0.25, -0.2) is 8.42 Å². The van der Waals surface area contributed by atoms with Gasteiger partial charge in [0.1, 0.15) is 16.7 Å². The second-order valence-corrected chi connectivity index (χ2v) is 6.78. The molecule has 1 aromatic rings. The van der Waals surface area contributed by atoms with Crippen molar-refractivity contribution in [2.45, 2.75) is 24.8 Å². The van der Waals surface area contributed by atoms with Gasteiger partial charge in [-0.3, -0.25) is 4.79 Å². The molecule has 1 N–H and O–H groups in total. The van der Waals surface area contributed by atoms with Crippen molar-refractivity contribution in [1.82, 2.24) is 4.72 Å². The number of hydrogen-bond donors (Lipinski definition) is 1. The molecular formula is C13H18ClNO5S. The van der Waals surface area contributed by atoms with Gasteiger partial charge in [-0.1, -0.05) is 25.4 Å². The first-order valence-electron chi connectivity index (χ1n) is 6.16. The van der Waals surface area contributed by atoms with Crippen LogP contribution in [0, 0.1) is 5.92 Å². The van der Waals surface area contributed by atoms with Gasteiger partial charge < -0.3 is 9.47 Å². The average molecular weight is 336 g/mol. The minimum Gasteiger partial charge on any atom is -0.495 e. The molecule has 0 fully saturated rings. The number of carbonyl (C=O) groups is 1. The van der Waals surface area contributed by atoms with Gasteiger partial charge in [0.05, 0.1) is 14.2 Å². The summed E-state index contributed by atoms with van der Waals surface area (Å²) in [7, 11) is -1.44. The number of benzene rings is 1. The van der Waals surface area contributed by atoms with Crippen LogP contribution in [0.3, 0.4) is 0 Å². The molecule has 1 aromatic carbocycles. The van der Waals surface area contributed by atoms with Crippen molar-refractivity contribution in [3.8, 4) is 5.75 Å². The highest BCUT2D eigenvalue weighted by Crippen LogP contribution is 2.27. The van der Waals surface area contributed by atoms with Crippen LogP contribution >= 0.6 is 11.6 Å². The molecule has 1 atom stereocenters. The van der Waals surface area contributed by atoms with E-state index in [4.69, 9.17) is 16.3 Å². The molecule has 0 aliphatic heterocycles. The zero-order valence-electron chi connectivity index (χ0n) is 12.2. The minimum atomic E-state index is -3.99. The van der Waals surface area contributed by atoms with Crippen molar-refractivity contribution in [3.63, 3.8) is 0 Å². The molecule has 21 heavy (non-hydrogen) atoms. The van der Waals surface area contributed by atoms with Crippen LogP contribution in [0.5, 0.6) is 5.75 Å². The van der Waals surface area contributed by atoms with E-state index in [1.165, 1.54) is 32.4 Å². The number of carbonyl (C=O) groups excluding carboxylic acids is 1. The molecule has 1 unspecified atom stereocenters. The highest BCUT2D eigenvalue weighted by molar-refractivity contribution is 7.89. The summed E-state index contributed by atoms with van der Waals surface area (Å²) in [4.78, 5) is 11.5. The molecule has 6 nitrogen and oxygen atoms in total. The lowest BCUT2D eigenvalue weighted by atomic mass is 10.1. The number of methoxy groups -OCH3 is 2. The summed E-state index contributed by atoms with van der Waals surface area (Å²) in [6.45, 7) is 3.42. The molecular weight excluding hydrogens is 318 g/mol. The molecule has 0 aliphatic carbocycles. The molecule has 8 heteroatoms. The summed E-state index contributed by atoms with van der Waals surface area (Å²) in [5, 5.41) is 0.246. The molecule has 0 radical (unpaired) electrons. The SMILES string of the molecule is COC(=O)C(NS(=O)(=O)c1cc(Cl)ccc1OC)C(C)C. The van der Waals surface area contributed by atoms with E-state index in [0.717, 1.165) is 0 Å². The van der Waals surface area contributed by atoms with Crippen molar-refractivity contribution >= 4 is 27.6 Å². The Morgan fingerprint density at radius 1 is 1.29 bits per heavy atom. The Morgan fingerprint density at radius 3 is 2.38 bits per heavy atom. The van der Waals surface area contributed by atoms with Crippen molar-refractivity contribution in [1.29, 1.82) is 0 Å². The van der Waals surface area contributed by atoms with E-state index >= 15 is 0 Å². The molecule has 0 aliphatic rings. The number of nitrogens with one attached hydrogen (secondary N) is 1. The summed E-state index contributed by atoms with van der Waals surface area (Å²) >= 11 is 5.83. The lowest BCUT2D eigenvalue weighted by molar-refractivity contribution is -0.143. The van der Waals surface area contributed by atoms with E-state index in [0.29, 0.717) is 0 Å². The highest BCUT2D eigenvalue weighted by atomic mass is 35.5. The maximum Gasteiger partial charge on any atom is 0.324 e. The fourth-order valence-electron chi connectivity index (χ4n) is 1.67. The van der Waals surface area contributed by atoms with Crippen LogP contribution in [0.1, 0.15) is 13.8 Å². The number of hydrogen-bond acceptors (Lipinski definition) is 5. The number of ether oxygens (including phenoxy) is 2. The largest absolute Gasteiger partial charge is 0.495 e. The summed E-state index contributed by atoms with van der Waals surface area (Å²) in [6.07, 6.45) is 0. The molecule has 0 saturated heterocycles. The fraction of sp³-hybridized carbons (Fsp3) is 0.462. The number of halogens is 1. The van der Waals surface area contributed by atoms with Gasteiger partial charge in [-0.2, -0.15) is 4.72 Å². The summed E-state index contributed by atoms with van der Waals surface area (Å²) in [6, 6.07) is 3.22. The Labute approximate surface area is 129 Å². The molecule has 0 spiro atoms. The maximum atomic E-state index is 12.4. The Kier molecular flexibility index (Phi) is 6.00. The third kappa shape index (κ3) is 4.33. The van der Waals surface area contributed by atoms with Gasteiger partial charge in [-0.05, 0) is 24.1 Å². The van der Waals surface area contributed by atoms with Crippen LogP contribution in [-0.4, -0.2) is 34.6 Å². The van der Waals surface area contributed by atoms with E-state index in [-0.39, 0.29) is 21.6 Å². The first kappa shape index (κ1) is 17.7. The molecule has 1 rings (SSSR count). The quantitative estimate of drug-likeness (QED) is 0.802. The van der Waals surface area contributed by atoms with Crippen LogP contribution in [-0.2, 0) is 19.6 Å². The molecule has 0 aromatic heterocycles. The Hall–Kier alpha value is -1.31. The maximum absolute atomic E-state index is 12.4. The Bertz CT molecular complexity index is 615. The zero-order valence-corrected chi connectivity index (χ0v) is 13.8. The topological polar surface area (TPSA) is 81.7 Å². The van der Waals surface area contributed by atoms with Crippen molar-refractivity contribution < 1.29 is 22.7 Å². The summed E-state index contributed by atoms with van der Waals surface area (Å²) < 4.78 is 36.8. The molecule has 0 saturated carbocycles. The van der Waals surface area contributed by atoms with Gasteiger partial charge in [0.15, 0.2) is 0 Å².